The number of para-hydroxylation sites is 1. The van der Waals surface area contributed by atoms with Gasteiger partial charge in [-0.05, 0) is 35.6 Å². The molecule has 0 saturated carbocycles. The molecule has 8 heteroatoms. The molecular weight excluding hydrogens is 398 g/mol. The van der Waals surface area contributed by atoms with Crippen LogP contribution in [0.1, 0.15) is 5.56 Å². The highest BCUT2D eigenvalue weighted by molar-refractivity contribution is 7.81. The molecule has 0 saturated heterocycles. The molecule has 0 aliphatic heterocycles. The van der Waals surface area contributed by atoms with Gasteiger partial charge in [0.05, 0.1) is 15.6 Å². The first kappa shape index (κ1) is 19.5. The molecule has 0 radical (unpaired) electrons. The Bertz CT molecular complexity index is 1050. The van der Waals surface area contributed by atoms with E-state index in [0.717, 1.165) is 0 Å². The molecule has 28 heavy (non-hydrogen) atoms. The summed E-state index contributed by atoms with van der Waals surface area (Å²) in [5.41, 5.74) is 0.951. The smallest absolute Gasteiger partial charge is 0.269 e. The maximum atomic E-state index is 13.2. The van der Waals surface area contributed by atoms with Gasteiger partial charge in [0, 0.05) is 24.3 Å². The quantitative estimate of drug-likeness (QED) is 0.173. The van der Waals surface area contributed by atoms with Gasteiger partial charge in [0.2, 0.25) is 5.70 Å². The van der Waals surface area contributed by atoms with Gasteiger partial charge in [0.15, 0.2) is 17.4 Å². The Morgan fingerprint density at radius 3 is 2.25 bits per heavy atom. The minimum atomic E-state index is -0.519. The van der Waals surface area contributed by atoms with Gasteiger partial charge in [0.25, 0.3) is 5.69 Å². The van der Waals surface area contributed by atoms with Crippen molar-refractivity contribution in [1.29, 1.82) is 0 Å². The molecule has 2 aromatic carbocycles. The molecule has 0 amide bonds. The third-order valence-electron chi connectivity index (χ3n) is 3.87. The highest BCUT2D eigenvalue weighted by Crippen LogP contribution is 2.23. The number of nitrogens with one attached hydrogen (secondary N) is 1. The van der Waals surface area contributed by atoms with Crippen molar-refractivity contribution in [1.82, 2.24) is 0 Å². The van der Waals surface area contributed by atoms with E-state index in [1.54, 1.807) is 53.4 Å². The Morgan fingerprint density at radius 2 is 1.64 bits per heavy atom. The van der Waals surface area contributed by atoms with Crippen LogP contribution in [-0.2, 0) is 0 Å². The first-order chi connectivity index (χ1) is 13.5. The maximum absolute atomic E-state index is 13.2. The predicted molar refractivity (Wildman–Crippen MR) is 111 cm³/mol. The van der Waals surface area contributed by atoms with E-state index < -0.39 is 4.92 Å². The number of halogens is 1. The number of thiocarbonyl (C=S) groups is 1. The molecule has 3 rings (SSSR count). The SMILES string of the molecule is O=[N+]([O-])c1ccc(C([O-])=C(C(=S)Nc2ccccc2Cl)[n+]2ccccc2)cc1. The van der Waals surface area contributed by atoms with E-state index >= 15 is 0 Å². The second kappa shape index (κ2) is 8.60. The summed E-state index contributed by atoms with van der Waals surface area (Å²) in [7, 11) is 0. The van der Waals surface area contributed by atoms with Crippen molar-refractivity contribution in [2.45, 2.75) is 0 Å². The van der Waals surface area contributed by atoms with Crippen LogP contribution in [0.4, 0.5) is 11.4 Å². The van der Waals surface area contributed by atoms with E-state index in [4.69, 9.17) is 23.8 Å². The van der Waals surface area contributed by atoms with Crippen molar-refractivity contribution in [3.8, 4) is 0 Å². The highest BCUT2D eigenvalue weighted by Gasteiger charge is 2.19. The number of anilines is 1. The normalized spacial score (nSPS) is 11.5. The average molecular weight is 412 g/mol. The van der Waals surface area contributed by atoms with Crippen LogP contribution in [0.2, 0.25) is 5.02 Å². The summed E-state index contributed by atoms with van der Waals surface area (Å²) in [6, 6.07) is 17.8. The Morgan fingerprint density at radius 1 is 1.00 bits per heavy atom. The Hall–Kier alpha value is -3.29. The zero-order valence-corrected chi connectivity index (χ0v) is 16.0. The number of nitrogens with zero attached hydrogens (tertiary/aromatic N) is 2. The maximum Gasteiger partial charge on any atom is 0.269 e. The summed E-state index contributed by atoms with van der Waals surface area (Å²) in [6.07, 6.45) is 3.39. The lowest BCUT2D eigenvalue weighted by Crippen LogP contribution is -2.39. The molecule has 1 heterocycles. The van der Waals surface area contributed by atoms with Gasteiger partial charge in [-0.1, -0.05) is 42.0 Å². The zero-order chi connectivity index (χ0) is 20.1. The summed E-state index contributed by atoms with van der Waals surface area (Å²) in [5, 5.41) is 27.5. The van der Waals surface area contributed by atoms with Gasteiger partial charge < -0.3 is 10.4 Å². The van der Waals surface area contributed by atoms with Crippen LogP contribution < -0.4 is 15.0 Å². The van der Waals surface area contributed by atoms with E-state index in [2.05, 4.69) is 5.32 Å². The lowest BCUT2D eigenvalue weighted by atomic mass is 10.1. The summed E-state index contributed by atoms with van der Waals surface area (Å²) in [6.45, 7) is 0. The van der Waals surface area contributed by atoms with E-state index in [1.165, 1.54) is 24.3 Å². The number of non-ortho nitro benzene ring substituents is 1. The Kier molecular flexibility index (Phi) is 5.98. The average Bonchev–Trinajstić information content (AvgIpc) is 2.70. The highest BCUT2D eigenvalue weighted by atomic mass is 35.5. The van der Waals surface area contributed by atoms with Gasteiger partial charge in [-0.3, -0.25) is 10.1 Å². The molecule has 0 aliphatic rings. The summed E-state index contributed by atoms with van der Waals surface area (Å²) in [5.74, 6) is -0.379. The van der Waals surface area contributed by atoms with E-state index in [9.17, 15) is 15.2 Å². The Labute approximate surface area is 171 Å². The van der Waals surface area contributed by atoms with Crippen molar-refractivity contribution in [3.05, 3.63) is 99.8 Å². The second-order valence-corrected chi connectivity index (χ2v) is 6.51. The van der Waals surface area contributed by atoms with Crippen LogP contribution in [0.25, 0.3) is 11.5 Å². The lowest BCUT2D eigenvalue weighted by Gasteiger charge is -2.17. The van der Waals surface area contributed by atoms with Crippen LogP contribution >= 0.6 is 23.8 Å². The second-order valence-electron chi connectivity index (χ2n) is 5.70. The third kappa shape index (κ3) is 4.33. The largest absolute Gasteiger partial charge is 0.867 e. The summed E-state index contributed by atoms with van der Waals surface area (Å²) in [4.78, 5) is 10.5. The minimum Gasteiger partial charge on any atom is -0.867 e. The van der Waals surface area contributed by atoms with Crippen LogP contribution in [0.3, 0.4) is 0 Å². The number of benzene rings is 2. The van der Waals surface area contributed by atoms with E-state index in [1.807, 2.05) is 6.07 Å². The van der Waals surface area contributed by atoms with Crippen LogP contribution in [-0.4, -0.2) is 9.91 Å². The summed E-state index contributed by atoms with van der Waals surface area (Å²) >= 11 is 11.7. The molecule has 0 bridgehead atoms. The molecule has 6 nitrogen and oxygen atoms in total. The standard InChI is InChI=1S/C20H14ClN3O3S/c21-16-6-2-3-7-17(16)22-20(28)18(23-12-4-1-5-13-23)19(25)14-8-10-15(11-9-14)24(26)27/h1-13H,(H-,22,25,28). The Balaban J connectivity index is 2.06. The zero-order valence-electron chi connectivity index (χ0n) is 14.4. The molecule has 1 aromatic heterocycles. The van der Waals surface area contributed by atoms with Crippen LogP contribution in [0, 0.1) is 10.1 Å². The first-order valence-corrected chi connectivity index (χ1v) is 8.94. The molecule has 0 fully saturated rings. The fourth-order valence-electron chi connectivity index (χ4n) is 2.50. The van der Waals surface area contributed by atoms with Crippen molar-refractivity contribution in [3.63, 3.8) is 0 Å². The molecule has 0 aliphatic carbocycles. The molecule has 1 N–H and O–H groups in total. The monoisotopic (exact) mass is 411 g/mol. The van der Waals surface area contributed by atoms with E-state index in [0.29, 0.717) is 10.7 Å². The number of aromatic nitrogens is 1. The molecule has 0 spiro atoms. The summed E-state index contributed by atoms with van der Waals surface area (Å²) < 4.78 is 1.59. The molecule has 0 unspecified atom stereocenters. The van der Waals surface area contributed by atoms with Crippen molar-refractivity contribution >= 4 is 51.6 Å². The van der Waals surface area contributed by atoms with Crippen LogP contribution in [0.15, 0.2) is 79.1 Å². The number of nitro benzene ring substituents is 1. The minimum absolute atomic E-state index is 0.0952. The number of hydrogen-bond donors (Lipinski definition) is 1. The molecule has 140 valence electrons. The van der Waals surface area contributed by atoms with Gasteiger partial charge in [-0.15, -0.1) is 0 Å². The van der Waals surface area contributed by atoms with E-state index in [-0.39, 0.29) is 27.7 Å². The van der Waals surface area contributed by atoms with Crippen molar-refractivity contribution < 1.29 is 14.6 Å². The van der Waals surface area contributed by atoms with Gasteiger partial charge in [-0.2, -0.15) is 4.57 Å². The predicted octanol–water partition coefficient (Wildman–Crippen LogP) is 3.66. The molecule has 0 atom stereocenters. The fourth-order valence-corrected chi connectivity index (χ4v) is 2.99. The first-order valence-electron chi connectivity index (χ1n) is 8.16. The third-order valence-corrected chi connectivity index (χ3v) is 4.49. The number of nitro groups is 1. The van der Waals surface area contributed by atoms with Crippen LogP contribution in [0.5, 0.6) is 0 Å². The van der Waals surface area contributed by atoms with Crippen molar-refractivity contribution in [2.75, 3.05) is 5.32 Å². The van der Waals surface area contributed by atoms with Gasteiger partial charge >= 0.3 is 0 Å². The fraction of sp³-hybridized carbons (Fsp3) is 0. The molecular formula is C20H14ClN3O3S. The number of rotatable bonds is 5. The topological polar surface area (TPSA) is 82.1 Å². The van der Waals surface area contributed by atoms with Crippen molar-refractivity contribution in [2.24, 2.45) is 0 Å². The van der Waals surface area contributed by atoms with Gasteiger partial charge in [0.1, 0.15) is 0 Å². The lowest BCUT2D eigenvalue weighted by molar-refractivity contribution is -0.577. The molecule has 3 aromatic rings. The number of pyridine rings is 1. The van der Waals surface area contributed by atoms with Gasteiger partial charge in [-0.25, -0.2) is 0 Å². The number of hydrogen-bond acceptors (Lipinski definition) is 4.